The van der Waals surface area contributed by atoms with Crippen LogP contribution in [-0.4, -0.2) is 30.5 Å². The summed E-state index contributed by atoms with van der Waals surface area (Å²) in [6, 6.07) is 2.90. The van der Waals surface area contributed by atoms with Crippen molar-refractivity contribution in [3.63, 3.8) is 0 Å². The normalized spacial score (nSPS) is 14.4. The summed E-state index contributed by atoms with van der Waals surface area (Å²) in [5.74, 6) is 0. The van der Waals surface area contributed by atoms with Crippen LogP contribution in [0.25, 0.3) is 5.57 Å². The highest BCUT2D eigenvalue weighted by Crippen LogP contribution is 2.39. The van der Waals surface area contributed by atoms with Crippen LogP contribution in [0.2, 0.25) is 0 Å². The summed E-state index contributed by atoms with van der Waals surface area (Å²) in [6.45, 7) is 4.53. The van der Waals surface area contributed by atoms with Crippen molar-refractivity contribution >= 4 is 60.9 Å². The molecule has 1 aromatic carbocycles. The van der Waals surface area contributed by atoms with E-state index in [0.717, 1.165) is 5.56 Å². The van der Waals surface area contributed by atoms with Gasteiger partial charge in [-0.15, -0.1) is 0 Å². The third-order valence-electron chi connectivity index (χ3n) is 2.97. The van der Waals surface area contributed by atoms with Crippen LogP contribution in [-0.2, 0) is 21.5 Å². The molecule has 0 aliphatic carbocycles. The summed E-state index contributed by atoms with van der Waals surface area (Å²) >= 11 is 3.72. The maximum absolute atomic E-state index is 13.4. The standard InChI is InChI=1S/C13H11F5I2O4S/c1-6(2)8-4-3-7(9(19)10(8)20)5-24-11(12(14,15)16)13(17,18)25(21,22)23/h3-4,11H,1,5H2,2H3,(H,21,22,23). The highest BCUT2D eigenvalue weighted by Gasteiger charge is 2.64. The van der Waals surface area contributed by atoms with Crippen LogP contribution in [0, 0.1) is 7.14 Å². The van der Waals surface area contributed by atoms with Gasteiger partial charge in [-0.2, -0.15) is 30.4 Å². The number of rotatable bonds is 6. The second kappa shape index (κ2) is 7.90. The molecule has 0 saturated heterocycles. The molecule has 1 unspecified atom stereocenters. The lowest BCUT2D eigenvalue weighted by Crippen LogP contribution is -2.51. The molecule has 0 spiro atoms. The molecule has 0 aliphatic rings. The summed E-state index contributed by atoms with van der Waals surface area (Å²) in [5.41, 5.74) is 1.57. The third kappa shape index (κ3) is 5.23. The van der Waals surface area contributed by atoms with Crippen molar-refractivity contribution in [1.29, 1.82) is 0 Å². The lowest BCUT2D eigenvalue weighted by atomic mass is 10.1. The van der Waals surface area contributed by atoms with Gasteiger partial charge in [0.1, 0.15) is 0 Å². The molecule has 0 aliphatic heterocycles. The summed E-state index contributed by atoms with van der Waals surface area (Å²) in [5, 5.41) is -5.54. The average Bonchev–Trinajstić information content (AvgIpc) is 2.40. The summed E-state index contributed by atoms with van der Waals surface area (Å²) in [6.07, 6.45) is -9.72. The largest absolute Gasteiger partial charge is 0.421 e. The molecule has 0 fully saturated rings. The highest BCUT2D eigenvalue weighted by molar-refractivity contribution is 14.1. The van der Waals surface area contributed by atoms with Gasteiger partial charge in [-0.3, -0.25) is 4.55 Å². The molecule has 1 atom stereocenters. The van der Waals surface area contributed by atoms with Gasteiger partial charge in [-0.05, 0) is 68.8 Å². The smallest absolute Gasteiger partial charge is 0.357 e. The predicted molar refractivity (Wildman–Crippen MR) is 97.7 cm³/mol. The predicted octanol–water partition coefficient (Wildman–Crippen LogP) is 4.86. The number of hydrogen-bond acceptors (Lipinski definition) is 3. The van der Waals surface area contributed by atoms with E-state index in [2.05, 4.69) is 11.3 Å². The van der Waals surface area contributed by atoms with Crippen molar-refractivity contribution in [2.75, 3.05) is 0 Å². The molecule has 0 heterocycles. The Hall–Kier alpha value is -0.0600. The van der Waals surface area contributed by atoms with E-state index >= 15 is 0 Å². The Labute approximate surface area is 167 Å². The molecule has 4 nitrogen and oxygen atoms in total. The topological polar surface area (TPSA) is 63.6 Å². The van der Waals surface area contributed by atoms with Crippen LogP contribution >= 0.6 is 45.2 Å². The molecule has 12 heteroatoms. The molecule has 1 N–H and O–H groups in total. The van der Waals surface area contributed by atoms with E-state index in [1.807, 2.05) is 22.6 Å². The Bertz CT molecular complexity index is 777. The maximum Gasteiger partial charge on any atom is 0.421 e. The zero-order valence-electron chi connectivity index (χ0n) is 12.4. The van der Waals surface area contributed by atoms with Gasteiger partial charge in [0.15, 0.2) is 0 Å². The number of benzene rings is 1. The SMILES string of the molecule is C=C(C)c1ccc(COC(C(F)(F)F)C(F)(F)S(=O)(=O)O)c(I)c1I. The van der Waals surface area contributed by atoms with Gasteiger partial charge in [0.25, 0.3) is 0 Å². The van der Waals surface area contributed by atoms with Crippen molar-refractivity contribution in [3.8, 4) is 0 Å². The minimum absolute atomic E-state index is 0.149. The Kier molecular flexibility index (Phi) is 7.26. The van der Waals surface area contributed by atoms with Gasteiger partial charge in [0.2, 0.25) is 6.10 Å². The first-order valence-corrected chi connectivity index (χ1v) is 9.86. The maximum atomic E-state index is 13.4. The quantitative estimate of drug-likeness (QED) is 0.284. The highest BCUT2D eigenvalue weighted by atomic mass is 127. The van der Waals surface area contributed by atoms with Crippen LogP contribution in [0.1, 0.15) is 18.1 Å². The second-order valence-electron chi connectivity index (χ2n) is 4.95. The number of alkyl halides is 5. The van der Waals surface area contributed by atoms with Crippen LogP contribution in [0.15, 0.2) is 18.7 Å². The molecule has 0 amide bonds. The minimum atomic E-state index is -6.32. The van der Waals surface area contributed by atoms with E-state index in [1.54, 1.807) is 29.5 Å². The van der Waals surface area contributed by atoms with Gasteiger partial charge in [-0.1, -0.05) is 18.7 Å². The molecule has 1 aromatic rings. The fourth-order valence-corrected chi connectivity index (χ4v) is 3.81. The lowest BCUT2D eigenvalue weighted by Gasteiger charge is -2.26. The van der Waals surface area contributed by atoms with Gasteiger partial charge in [-0.25, -0.2) is 0 Å². The zero-order valence-corrected chi connectivity index (χ0v) is 17.5. The van der Waals surface area contributed by atoms with Crippen molar-refractivity contribution in [2.24, 2.45) is 0 Å². The molecule has 0 aromatic heterocycles. The Balaban J connectivity index is 3.19. The lowest BCUT2D eigenvalue weighted by molar-refractivity contribution is -0.268. The van der Waals surface area contributed by atoms with E-state index in [-0.39, 0.29) is 5.56 Å². The van der Waals surface area contributed by atoms with Crippen molar-refractivity contribution in [3.05, 3.63) is 37.0 Å². The van der Waals surface area contributed by atoms with Gasteiger partial charge in [0.05, 0.1) is 6.61 Å². The van der Waals surface area contributed by atoms with Crippen LogP contribution < -0.4 is 0 Å². The van der Waals surface area contributed by atoms with E-state index < -0.39 is 34.3 Å². The van der Waals surface area contributed by atoms with Crippen LogP contribution in [0.3, 0.4) is 0 Å². The van der Waals surface area contributed by atoms with E-state index in [1.165, 1.54) is 12.1 Å². The Morgan fingerprint density at radius 3 is 2.16 bits per heavy atom. The minimum Gasteiger partial charge on any atom is -0.357 e. The van der Waals surface area contributed by atoms with Crippen LogP contribution in [0.4, 0.5) is 22.0 Å². The Morgan fingerprint density at radius 2 is 1.76 bits per heavy atom. The van der Waals surface area contributed by atoms with E-state index in [0.29, 0.717) is 12.7 Å². The second-order valence-corrected chi connectivity index (χ2v) is 8.60. The molecule has 0 saturated carbocycles. The van der Waals surface area contributed by atoms with Gasteiger partial charge >= 0.3 is 21.5 Å². The summed E-state index contributed by atoms with van der Waals surface area (Å²) < 4.78 is 100. The van der Waals surface area contributed by atoms with Crippen LogP contribution in [0.5, 0.6) is 0 Å². The molecule has 0 radical (unpaired) electrons. The number of ether oxygens (including phenoxy) is 1. The Morgan fingerprint density at radius 1 is 1.24 bits per heavy atom. The zero-order chi connectivity index (χ0) is 19.8. The van der Waals surface area contributed by atoms with E-state index in [4.69, 9.17) is 4.55 Å². The first-order chi connectivity index (χ1) is 11.1. The van der Waals surface area contributed by atoms with Crippen molar-refractivity contribution in [1.82, 2.24) is 0 Å². The summed E-state index contributed by atoms with van der Waals surface area (Å²) in [7, 11) is -6.32. The summed E-state index contributed by atoms with van der Waals surface area (Å²) in [4.78, 5) is 0. The fraction of sp³-hybridized carbons (Fsp3) is 0.385. The first-order valence-electron chi connectivity index (χ1n) is 6.26. The monoisotopic (exact) mass is 612 g/mol. The molecule has 0 bridgehead atoms. The number of hydrogen-bond donors (Lipinski definition) is 1. The molecular weight excluding hydrogens is 601 g/mol. The first kappa shape index (κ1) is 23.0. The fourth-order valence-electron chi connectivity index (χ4n) is 1.72. The molecule has 1 rings (SSSR count). The third-order valence-corrected chi connectivity index (χ3v) is 7.26. The number of halogens is 7. The van der Waals surface area contributed by atoms with Crippen molar-refractivity contribution < 1.29 is 39.7 Å². The number of allylic oxidation sites excluding steroid dienone is 1. The molecular formula is C13H11F5I2O4S. The van der Waals surface area contributed by atoms with Crippen molar-refractivity contribution in [2.45, 2.75) is 31.1 Å². The molecule has 142 valence electrons. The van der Waals surface area contributed by atoms with E-state index in [9.17, 15) is 30.4 Å². The van der Waals surface area contributed by atoms with Gasteiger partial charge < -0.3 is 4.74 Å². The average molecular weight is 612 g/mol. The van der Waals surface area contributed by atoms with Gasteiger partial charge in [0, 0.05) is 7.14 Å². The molecule has 25 heavy (non-hydrogen) atoms.